The van der Waals surface area contributed by atoms with Crippen molar-refractivity contribution in [3.8, 4) is 0 Å². The van der Waals surface area contributed by atoms with Crippen molar-refractivity contribution in [3.05, 3.63) is 35.1 Å². The molecule has 0 aromatic rings. The van der Waals surface area contributed by atoms with Gasteiger partial charge in [0.15, 0.2) is 0 Å². The molecule has 0 saturated carbocycles. The molecule has 0 unspecified atom stereocenters. The minimum absolute atomic E-state index is 0.400. The lowest BCUT2D eigenvalue weighted by Crippen LogP contribution is -2.00. The minimum Gasteiger partial charge on any atom is -0.449 e. The molecule has 13 heavy (non-hydrogen) atoms. The Bertz CT molecular complexity index is 304. The maximum absolute atomic E-state index is 10.2. The Morgan fingerprint density at radius 2 is 2.15 bits per heavy atom. The molecule has 0 radical (unpaired) electrons. The lowest BCUT2D eigenvalue weighted by Gasteiger charge is -2.09. The van der Waals surface area contributed by atoms with Crippen molar-refractivity contribution in [1.82, 2.24) is 0 Å². The van der Waals surface area contributed by atoms with Crippen LogP contribution in [0.25, 0.3) is 0 Å². The topological polar surface area (TPSA) is 46.5 Å². The highest BCUT2D eigenvalue weighted by molar-refractivity contribution is 5.59. The molecule has 0 atom stereocenters. The molecule has 3 heteroatoms. The summed E-state index contributed by atoms with van der Waals surface area (Å²) in [5.41, 5.74) is 2.44. The first kappa shape index (κ1) is 9.58. The van der Waals surface area contributed by atoms with Crippen molar-refractivity contribution >= 4 is 6.16 Å². The van der Waals surface area contributed by atoms with E-state index >= 15 is 0 Å². The van der Waals surface area contributed by atoms with E-state index in [9.17, 15) is 4.79 Å². The third-order valence-corrected chi connectivity index (χ3v) is 1.82. The van der Waals surface area contributed by atoms with Crippen LogP contribution in [0.15, 0.2) is 35.1 Å². The van der Waals surface area contributed by atoms with Crippen LogP contribution in [-0.2, 0) is 4.74 Å². The van der Waals surface area contributed by atoms with Gasteiger partial charge in [-0.05, 0) is 38.0 Å². The van der Waals surface area contributed by atoms with Crippen molar-refractivity contribution in [2.24, 2.45) is 0 Å². The molecule has 0 amide bonds. The summed E-state index contributed by atoms with van der Waals surface area (Å²) in [6, 6.07) is 0. The Kier molecular flexibility index (Phi) is 2.90. The second-order valence-corrected chi connectivity index (χ2v) is 3.04. The molecular formula is C10H12O3. The van der Waals surface area contributed by atoms with Crippen LogP contribution in [0.4, 0.5) is 4.79 Å². The highest BCUT2D eigenvalue weighted by atomic mass is 16.7. The Labute approximate surface area is 77.0 Å². The normalized spacial score (nSPS) is 15.2. The van der Waals surface area contributed by atoms with E-state index < -0.39 is 6.16 Å². The van der Waals surface area contributed by atoms with Gasteiger partial charge in [0.25, 0.3) is 0 Å². The standard InChI is InChI=1S/C10H12O3/c1-7(2)8-3-5-9(6-4-8)13-10(11)12/h3,5-6H,4H2,1-2H3,(H,11,12). The highest BCUT2D eigenvalue weighted by Gasteiger charge is 2.06. The number of carboxylic acid groups (broad SMARTS) is 1. The third-order valence-electron chi connectivity index (χ3n) is 1.82. The molecule has 0 heterocycles. The lowest BCUT2D eigenvalue weighted by atomic mass is 10.0. The van der Waals surface area contributed by atoms with E-state index in [1.807, 2.05) is 19.9 Å². The molecule has 0 aromatic heterocycles. The summed E-state index contributed by atoms with van der Waals surface area (Å²) in [6.45, 7) is 4.05. The third kappa shape index (κ3) is 2.78. The Balaban J connectivity index is 2.66. The van der Waals surface area contributed by atoms with E-state index in [0.717, 1.165) is 6.42 Å². The van der Waals surface area contributed by atoms with Gasteiger partial charge in [-0.3, -0.25) is 0 Å². The molecular weight excluding hydrogens is 168 g/mol. The molecule has 1 N–H and O–H groups in total. The van der Waals surface area contributed by atoms with Crippen molar-refractivity contribution in [2.75, 3.05) is 0 Å². The molecule has 1 aliphatic rings. The summed E-state index contributed by atoms with van der Waals surface area (Å²) in [4.78, 5) is 10.2. The molecule has 0 bridgehead atoms. The summed E-state index contributed by atoms with van der Waals surface area (Å²) < 4.78 is 4.49. The number of allylic oxidation sites excluding steroid dienone is 5. The molecule has 0 saturated heterocycles. The fraction of sp³-hybridized carbons (Fsp3) is 0.300. The SMILES string of the molecule is CC(C)=C1C=CC(OC(=O)O)=CC1. The quantitative estimate of drug-likeness (QED) is 0.631. The van der Waals surface area contributed by atoms with Gasteiger partial charge in [-0.2, -0.15) is 0 Å². The molecule has 0 aromatic carbocycles. The number of hydrogen-bond donors (Lipinski definition) is 1. The van der Waals surface area contributed by atoms with Crippen LogP contribution in [0.5, 0.6) is 0 Å². The van der Waals surface area contributed by atoms with E-state index in [-0.39, 0.29) is 0 Å². The average Bonchev–Trinajstić information content (AvgIpc) is 2.04. The predicted octanol–water partition coefficient (Wildman–Crippen LogP) is 2.86. The van der Waals surface area contributed by atoms with Gasteiger partial charge in [-0.15, -0.1) is 0 Å². The fourth-order valence-electron chi connectivity index (χ4n) is 1.08. The van der Waals surface area contributed by atoms with Crippen LogP contribution in [0.2, 0.25) is 0 Å². The van der Waals surface area contributed by atoms with Gasteiger partial charge < -0.3 is 9.84 Å². The molecule has 70 valence electrons. The highest BCUT2D eigenvalue weighted by Crippen LogP contribution is 2.19. The number of hydrogen-bond acceptors (Lipinski definition) is 2. The maximum atomic E-state index is 10.2. The first-order valence-electron chi connectivity index (χ1n) is 4.05. The first-order valence-corrected chi connectivity index (χ1v) is 4.05. The van der Waals surface area contributed by atoms with Crippen LogP contribution < -0.4 is 0 Å². The van der Waals surface area contributed by atoms with E-state index in [1.54, 1.807) is 12.2 Å². The van der Waals surface area contributed by atoms with E-state index in [0.29, 0.717) is 5.76 Å². The van der Waals surface area contributed by atoms with Crippen LogP contribution >= 0.6 is 0 Å². The number of carbonyl (C=O) groups is 1. The van der Waals surface area contributed by atoms with E-state index in [1.165, 1.54) is 11.1 Å². The number of ether oxygens (including phenoxy) is 1. The molecule has 0 spiro atoms. The van der Waals surface area contributed by atoms with Crippen molar-refractivity contribution in [2.45, 2.75) is 20.3 Å². The van der Waals surface area contributed by atoms with Crippen LogP contribution in [0.3, 0.4) is 0 Å². The van der Waals surface area contributed by atoms with E-state index in [4.69, 9.17) is 5.11 Å². The van der Waals surface area contributed by atoms with Gasteiger partial charge in [-0.1, -0.05) is 11.6 Å². The Morgan fingerprint density at radius 1 is 1.46 bits per heavy atom. The summed E-state index contributed by atoms with van der Waals surface area (Å²) in [7, 11) is 0. The van der Waals surface area contributed by atoms with Crippen molar-refractivity contribution < 1.29 is 14.6 Å². The first-order chi connectivity index (χ1) is 6.09. The lowest BCUT2D eigenvalue weighted by molar-refractivity contribution is 0.121. The van der Waals surface area contributed by atoms with E-state index in [2.05, 4.69) is 4.74 Å². The maximum Gasteiger partial charge on any atom is 0.511 e. The largest absolute Gasteiger partial charge is 0.511 e. The minimum atomic E-state index is -1.27. The van der Waals surface area contributed by atoms with Crippen LogP contribution in [-0.4, -0.2) is 11.3 Å². The van der Waals surface area contributed by atoms with Gasteiger partial charge in [0.2, 0.25) is 0 Å². The Morgan fingerprint density at radius 3 is 2.54 bits per heavy atom. The molecule has 0 fully saturated rings. The van der Waals surface area contributed by atoms with Crippen LogP contribution in [0.1, 0.15) is 20.3 Å². The number of rotatable bonds is 1. The second-order valence-electron chi connectivity index (χ2n) is 3.04. The smallest absolute Gasteiger partial charge is 0.449 e. The molecule has 1 rings (SSSR count). The van der Waals surface area contributed by atoms with Gasteiger partial charge in [-0.25, -0.2) is 4.79 Å². The Hall–Kier alpha value is -1.51. The van der Waals surface area contributed by atoms with Crippen LogP contribution in [0, 0.1) is 0 Å². The molecule has 3 nitrogen and oxygen atoms in total. The zero-order valence-electron chi connectivity index (χ0n) is 7.70. The van der Waals surface area contributed by atoms with Gasteiger partial charge in [0.05, 0.1) is 0 Å². The summed E-state index contributed by atoms with van der Waals surface area (Å²) in [5.74, 6) is 0.400. The van der Waals surface area contributed by atoms with Crippen molar-refractivity contribution in [3.63, 3.8) is 0 Å². The average molecular weight is 180 g/mol. The fourth-order valence-corrected chi connectivity index (χ4v) is 1.08. The predicted molar refractivity (Wildman–Crippen MR) is 49.3 cm³/mol. The van der Waals surface area contributed by atoms with Gasteiger partial charge in [0.1, 0.15) is 5.76 Å². The zero-order valence-corrected chi connectivity index (χ0v) is 7.70. The molecule has 1 aliphatic carbocycles. The zero-order chi connectivity index (χ0) is 9.84. The summed E-state index contributed by atoms with van der Waals surface area (Å²) in [6.07, 6.45) is 4.78. The van der Waals surface area contributed by atoms with Gasteiger partial charge in [0, 0.05) is 0 Å². The summed E-state index contributed by atoms with van der Waals surface area (Å²) in [5, 5.41) is 8.33. The monoisotopic (exact) mass is 180 g/mol. The molecule has 0 aliphatic heterocycles. The second kappa shape index (κ2) is 3.94. The summed E-state index contributed by atoms with van der Waals surface area (Å²) >= 11 is 0. The van der Waals surface area contributed by atoms with Gasteiger partial charge >= 0.3 is 6.16 Å². The van der Waals surface area contributed by atoms with Crippen molar-refractivity contribution in [1.29, 1.82) is 0 Å².